The summed E-state index contributed by atoms with van der Waals surface area (Å²) < 4.78 is 0. The number of hydrogen-bond donors (Lipinski definition) is 0. The maximum atomic E-state index is 2.27. The lowest BCUT2D eigenvalue weighted by Gasteiger charge is -2.09. The molecule has 50 heavy (non-hydrogen) atoms. The lowest BCUT2D eigenvalue weighted by atomic mass is 9.95. The van der Waals surface area contributed by atoms with Crippen molar-refractivity contribution in [3.63, 3.8) is 0 Å². The van der Waals surface area contributed by atoms with E-state index in [1.54, 1.807) is 0 Å². The van der Waals surface area contributed by atoms with Gasteiger partial charge in [-0.05, 0) is 78.9 Å². The van der Waals surface area contributed by atoms with Crippen LogP contribution in [0.25, 0.3) is 47.6 Å². The minimum Gasteiger partial charge on any atom is -0.0622 e. The van der Waals surface area contributed by atoms with Gasteiger partial charge in [0.05, 0.1) is 0 Å². The minimum absolute atomic E-state index is 1.16. The molecule has 0 aromatic heterocycles. The molecule has 0 heterocycles. The maximum Gasteiger partial charge on any atom is -0.0105 e. The van der Waals surface area contributed by atoms with Crippen molar-refractivity contribution in [3.05, 3.63) is 250 Å². The molecule has 0 heteroatoms. The fourth-order valence-electron chi connectivity index (χ4n) is 6.06. The highest BCUT2D eigenvalue weighted by molar-refractivity contribution is 5.92. The first-order valence-corrected chi connectivity index (χ1v) is 17.1. The minimum atomic E-state index is 1.16. The van der Waals surface area contributed by atoms with Gasteiger partial charge < -0.3 is 0 Å². The molecule has 0 aliphatic rings. The highest BCUT2D eigenvalue weighted by atomic mass is 14.1. The summed E-state index contributed by atoms with van der Waals surface area (Å²) in [5, 5.41) is 0. The van der Waals surface area contributed by atoms with Crippen molar-refractivity contribution in [1.82, 2.24) is 0 Å². The van der Waals surface area contributed by atoms with E-state index in [4.69, 9.17) is 0 Å². The molecule has 238 valence electrons. The number of rotatable bonds is 10. The maximum absolute atomic E-state index is 2.27. The first-order valence-electron chi connectivity index (χ1n) is 17.1. The Bertz CT molecular complexity index is 1990. The highest BCUT2D eigenvalue weighted by Crippen LogP contribution is 2.28. The van der Waals surface area contributed by atoms with E-state index in [2.05, 4.69) is 231 Å². The molecule has 0 bridgehead atoms. The van der Waals surface area contributed by atoms with Crippen molar-refractivity contribution in [2.24, 2.45) is 0 Å². The second-order valence-electron chi connectivity index (χ2n) is 12.2. The molecule has 7 aromatic rings. The molecular formula is C50H38. The summed E-state index contributed by atoms with van der Waals surface area (Å²) in [6, 6.07) is 68.4. The van der Waals surface area contributed by atoms with Gasteiger partial charge in [-0.2, -0.15) is 0 Å². The lowest BCUT2D eigenvalue weighted by molar-refractivity contribution is 1.55. The third-order valence-corrected chi connectivity index (χ3v) is 8.74. The quantitative estimate of drug-likeness (QED) is 0.131. The van der Waals surface area contributed by atoms with Crippen molar-refractivity contribution in [2.45, 2.75) is 0 Å². The molecule has 0 radical (unpaired) electrons. The van der Waals surface area contributed by atoms with Crippen molar-refractivity contribution in [3.8, 4) is 0 Å². The van der Waals surface area contributed by atoms with E-state index in [1.165, 1.54) is 55.7 Å². The van der Waals surface area contributed by atoms with Gasteiger partial charge in [0.2, 0.25) is 0 Å². The smallest absolute Gasteiger partial charge is 0.0105 e. The van der Waals surface area contributed by atoms with Crippen LogP contribution in [0.5, 0.6) is 0 Å². The Morgan fingerprint density at radius 3 is 0.800 bits per heavy atom. The van der Waals surface area contributed by atoms with Crippen LogP contribution in [0.1, 0.15) is 55.6 Å². The van der Waals surface area contributed by atoms with Gasteiger partial charge in [-0.3, -0.25) is 0 Å². The summed E-state index contributed by atoms with van der Waals surface area (Å²) in [4.78, 5) is 0. The van der Waals surface area contributed by atoms with Crippen LogP contribution in [-0.2, 0) is 0 Å². The molecule has 7 aromatic carbocycles. The molecule has 0 N–H and O–H groups in total. The standard InChI is InChI=1S/C50H38/c1-5-17-45(18-6-1)49(46-19-7-2-8-20-46)37-41-29-25-39(26-30-41)33-35-43-15-13-14-16-44(43)36-34-40-27-31-42(32-28-40)38-50(47-21-9-3-10-22-47)48-23-11-4-12-24-48/h1-38H. The SMILES string of the molecule is C(=Cc1ccccc1C=Cc1ccc(C=C(c2ccccc2)c2ccccc2)cc1)c1ccc(C=C(c2ccccc2)c2ccccc2)cc1. The van der Waals surface area contributed by atoms with E-state index in [0.717, 1.165) is 11.1 Å². The van der Waals surface area contributed by atoms with E-state index in [-0.39, 0.29) is 0 Å². The van der Waals surface area contributed by atoms with Crippen LogP contribution in [0.4, 0.5) is 0 Å². The van der Waals surface area contributed by atoms with Gasteiger partial charge in [0.25, 0.3) is 0 Å². The van der Waals surface area contributed by atoms with E-state index < -0.39 is 0 Å². The summed E-state index contributed by atoms with van der Waals surface area (Å²) in [7, 11) is 0. The molecule has 0 saturated heterocycles. The molecule has 0 saturated carbocycles. The lowest BCUT2D eigenvalue weighted by Crippen LogP contribution is -1.88. The third kappa shape index (κ3) is 8.31. The molecule has 0 fully saturated rings. The average molecular weight is 639 g/mol. The first-order chi connectivity index (χ1) is 24.8. The highest BCUT2D eigenvalue weighted by Gasteiger charge is 2.06. The summed E-state index contributed by atoms with van der Waals surface area (Å²) >= 11 is 0. The van der Waals surface area contributed by atoms with Gasteiger partial charge >= 0.3 is 0 Å². The second kappa shape index (κ2) is 16.1. The summed E-state index contributed by atoms with van der Waals surface area (Å²) in [6.45, 7) is 0. The van der Waals surface area contributed by atoms with Gasteiger partial charge in [-0.1, -0.05) is 218 Å². The molecular weight excluding hydrogens is 601 g/mol. The third-order valence-electron chi connectivity index (χ3n) is 8.74. The van der Waals surface area contributed by atoms with E-state index >= 15 is 0 Å². The van der Waals surface area contributed by atoms with Crippen LogP contribution in [0.15, 0.2) is 194 Å². The Balaban J connectivity index is 1.07. The van der Waals surface area contributed by atoms with Crippen molar-refractivity contribution >= 4 is 47.6 Å². The molecule has 0 nitrogen and oxygen atoms in total. The number of benzene rings is 7. The van der Waals surface area contributed by atoms with E-state index in [9.17, 15) is 0 Å². The fraction of sp³-hybridized carbons (Fsp3) is 0. The summed E-state index contributed by atoms with van der Waals surface area (Å²) in [6.07, 6.45) is 13.3. The van der Waals surface area contributed by atoms with Crippen molar-refractivity contribution < 1.29 is 0 Å². The van der Waals surface area contributed by atoms with E-state index in [0.29, 0.717) is 0 Å². The Morgan fingerprint density at radius 2 is 0.500 bits per heavy atom. The zero-order chi connectivity index (χ0) is 33.8. The van der Waals surface area contributed by atoms with Gasteiger partial charge in [0, 0.05) is 0 Å². The predicted molar refractivity (Wildman–Crippen MR) is 217 cm³/mol. The van der Waals surface area contributed by atoms with Crippen LogP contribution in [0.3, 0.4) is 0 Å². The van der Waals surface area contributed by atoms with Gasteiger partial charge in [0.15, 0.2) is 0 Å². The zero-order valence-electron chi connectivity index (χ0n) is 27.9. The van der Waals surface area contributed by atoms with Gasteiger partial charge in [-0.25, -0.2) is 0 Å². The zero-order valence-corrected chi connectivity index (χ0v) is 27.9. The molecule has 0 aliphatic carbocycles. The first kappa shape index (κ1) is 32.1. The second-order valence-corrected chi connectivity index (χ2v) is 12.2. The average Bonchev–Trinajstić information content (AvgIpc) is 3.20. The Hall–Kier alpha value is -6.50. The molecule has 7 rings (SSSR count). The van der Waals surface area contributed by atoms with Crippen molar-refractivity contribution in [1.29, 1.82) is 0 Å². The Kier molecular flexibility index (Phi) is 10.3. The topological polar surface area (TPSA) is 0 Å². The number of hydrogen-bond acceptors (Lipinski definition) is 0. The van der Waals surface area contributed by atoms with Crippen LogP contribution in [0, 0.1) is 0 Å². The molecule has 0 amide bonds. The Morgan fingerprint density at radius 1 is 0.240 bits per heavy atom. The molecule has 0 unspecified atom stereocenters. The monoisotopic (exact) mass is 638 g/mol. The van der Waals surface area contributed by atoms with Gasteiger partial charge in [0.1, 0.15) is 0 Å². The van der Waals surface area contributed by atoms with Crippen LogP contribution in [-0.4, -0.2) is 0 Å². The fourth-order valence-corrected chi connectivity index (χ4v) is 6.06. The van der Waals surface area contributed by atoms with Crippen LogP contribution in [0.2, 0.25) is 0 Å². The van der Waals surface area contributed by atoms with E-state index in [1.807, 2.05) is 0 Å². The van der Waals surface area contributed by atoms with Crippen LogP contribution < -0.4 is 0 Å². The molecule has 0 spiro atoms. The summed E-state index contributed by atoms with van der Waals surface area (Å²) in [5.74, 6) is 0. The van der Waals surface area contributed by atoms with Crippen molar-refractivity contribution in [2.75, 3.05) is 0 Å². The predicted octanol–water partition coefficient (Wildman–Crippen LogP) is 13.2. The summed E-state index contributed by atoms with van der Waals surface area (Å²) in [5.41, 5.74) is 14.3. The molecule has 0 aliphatic heterocycles. The van der Waals surface area contributed by atoms with Crippen LogP contribution >= 0.6 is 0 Å². The Labute approximate surface area is 296 Å². The molecule has 0 atom stereocenters. The van der Waals surface area contributed by atoms with Gasteiger partial charge in [-0.15, -0.1) is 0 Å². The largest absolute Gasteiger partial charge is 0.0622 e. The normalized spacial score (nSPS) is 11.0.